The second-order valence-corrected chi connectivity index (χ2v) is 3.65. The van der Waals surface area contributed by atoms with Gasteiger partial charge in [0.05, 0.1) is 0 Å². The molecule has 1 rings (SSSR count). The number of nitrogens with zero attached hydrogens (tertiary/aromatic N) is 2. The van der Waals surface area contributed by atoms with Crippen LogP contribution in [0.3, 0.4) is 0 Å². The molecule has 15 heavy (non-hydrogen) atoms. The van der Waals surface area contributed by atoms with Crippen molar-refractivity contribution in [3.8, 4) is 0 Å². The quantitative estimate of drug-likeness (QED) is 0.735. The molecule has 0 unspecified atom stereocenters. The SMILES string of the molecule is CCOC(C)(C)c1noc([C@@H](O)CN)n1. The van der Waals surface area contributed by atoms with E-state index >= 15 is 0 Å². The van der Waals surface area contributed by atoms with Crippen molar-refractivity contribution in [2.75, 3.05) is 13.2 Å². The molecule has 86 valence electrons. The normalized spacial score (nSPS) is 14.2. The minimum absolute atomic E-state index is 0.0523. The van der Waals surface area contributed by atoms with Crippen LogP contribution in [0.2, 0.25) is 0 Å². The molecule has 6 heteroatoms. The molecule has 6 nitrogen and oxygen atoms in total. The van der Waals surface area contributed by atoms with Gasteiger partial charge in [-0.15, -0.1) is 0 Å². The maximum Gasteiger partial charge on any atom is 0.256 e. The van der Waals surface area contributed by atoms with Gasteiger partial charge in [-0.25, -0.2) is 0 Å². The van der Waals surface area contributed by atoms with E-state index in [1.54, 1.807) is 0 Å². The van der Waals surface area contributed by atoms with Crippen molar-refractivity contribution in [1.29, 1.82) is 0 Å². The number of aliphatic hydroxyl groups excluding tert-OH is 1. The summed E-state index contributed by atoms with van der Waals surface area (Å²) in [5.41, 5.74) is 4.65. The number of hydrogen-bond acceptors (Lipinski definition) is 6. The number of rotatable bonds is 5. The first-order chi connectivity index (χ1) is 7.01. The van der Waals surface area contributed by atoms with E-state index in [1.165, 1.54) is 0 Å². The third kappa shape index (κ3) is 2.74. The third-order valence-corrected chi connectivity index (χ3v) is 1.99. The molecule has 0 aliphatic heterocycles. The Morgan fingerprint density at radius 2 is 2.27 bits per heavy atom. The Morgan fingerprint density at radius 1 is 1.60 bits per heavy atom. The standard InChI is InChI=1S/C9H17N3O3/c1-4-14-9(2,3)8-11-7(15-12-8)6(13)5-10/h6,13H,4-5,10H2,1-3H3/t6-/m0/s1. The highest BCUT2D eigenvalue weighted by Gasteiger charge is 2.28. The van der Waals surface area contributed by atoms with E-state index in [1.807, 2.05) is 20.8 Å². The largest absolute Gasteiger partial charge is 0.382 e. The molecule has 3 N–H and O–H groups in total. The van der Waals surface area contributed by atoms with E-state index < -0.39 is 11.7 Å². The summed E-state index contributed by atoms with van der Waals surface area (Å²) in [6.45, 7) is 6.16. The summed E-state index contributed by atoms with van der Waals surface area (Å²) in [6, 6.07) is 0. The van der Waals surface area contributed by atoms with Gasteiger partial charge in [0.1, 0.15) is 11.7 Å². The van der Waals surface area contributed by atoms with Crippen molar-refractivity contribution in [1.82, 2.24) is 10.1 Å². The summed E-state index contributed by atoms with van der Waals surface area (Å²) in [7, 11) is 0. The van der Waals surface area contributed by atoms with Gasteiger partial charge in [-0.2, -0.15) is 4.98 Å². The first-order valence-electron chi connectivity index (χ1n) is 4.87. The first kappa shape index (κ1) is 12.1. The maximum absolute atomic E-state index is 9.38. The summed E-state index contributed by atoms with van der Waals surface area (Å²) in [6.07, 6.45) is -0.913. The van der Waals surface area contributed by atoms with Crippen LogP contribution in [-0.2, 0) is 10.3 Å². The summed E-state index contributed by atoms with van der Waals surface area (Å²) < 4.78 is 10.3. The highest BCUT2D eigenvalue weighted by atomic mass is 16.5. The van der Waals surface area contributed by atoms with E-state index in [0.717, 1.165) is 0 Å². The van der Waals surface area contributed by atoms with Gasteiger partial charge < -0.3 is 20.1 Å². The van der Waals surface area contributed by atoms with Crippen LogP contribution in [0.5, 0.6) is 0 Å². The molecule has 1 aromatic rings. The summed E-state index contributed by atoms with van der Waals surface area (Å²) in [4.78, 5) is 4.04. The highest BCUT2D eigenvalue weighted by molar-refractivity contribution is 4.98. The number of aliphatic hydroxyl groups is 1. The van der Waals surface area contributed by atoms with Gasteiger partial charge in [0.25, 0.3) is 5.89 Å². The predicted molar refractivity (Wildman–Crippen MR) is 53.0 cm³/mol. The molecular weight excluding hydrogens is 198 g/mol. The van der Waals surface area contributed by atoms with Crippen molar-refractivity contribution in [3.05, 3.63) is 11.7 Å². The average molecular weight is 215 g/mol. The fraction of sp³-hybridized carbons (Fsp3) is 0.778. The molecule has 0 aliphatic rings. The smallest absolute Gasteiger partial charge is 0.256 e. The van der Waals surface area contributed by atoms with E-state index in [9.17, 15) is 5.11 Å². The van der Waals surface area contributed by atoms with Gasteiger partial charge in [-0.1, -0.05) is 5.16 Å². The number of nitrogens with two attached hydrogens (primary N) is 1. The van der Waals surface area contributed by atoms with Gasteiger partial charge in [-0.3, -0.25) is 0 Å². The van der Waals surface area contributed by atoms with E-state index in [4.69, 9.17) is 15.0 Å². The summed E-state index contributed by atoms with van der Waals surface area (Å²) in [5, 5.41) is 13.1. The average Bonchev–Trinajstić information content (AvgIpc) is 2.66. The fourth-order valence-electron chi connectivity index (χ4n) is 1.14. The van der Waals surface area contributed by atoms with Crippen LogP contribution >= 0.6 is 0 Å². The van der Waals surface area contributed by atoms with Gasteiger partial charge in [0.15, 0.2) is 0 Å². The van der Waals surface area contributed by atoms with Crippen molar-refractivity contribution < 1.29 is 14.4 Å². The minimum atomic E-state index is -0.913. The van der Waals surface area contributed by atoms with Crippen molar-refractivity contribution in [3.63, 3.8) is 0 Å². The molecule has 0 fully saturated rings. The Kier molecular flexibility index (Phi) is 3.78. The zero-order chi connectivity index (χ0) is 11.5. The molecule has 0 amide bonds. The number of ether oxygens (including phenoxy) is 1. The van der Waals surface area contributed by atoms with Gasteiger partial charge in [0, 0.05) is 13.2 Å². The van der Waals surface area contributed by atoms with Gasteiger partial charge >= 0.3 is 0 Å². The van der Waals surface area contributed by atoms with Crippen molar-refractivity contribution >= 4 is 0 Å². The Labute approximate surface area is 88.4 Å². The van der Waals surface area contributed by atoms with Gasteiger partial charge in [0.2, 0.25) is 5.82 Å². The Bertz CT molecular complexity index is 311. The van der Waals surface area contributed by atoms with Crippen LogP contribution < -0.4 is 5.73 Å². The predicted octanol–water partition coefficient (Wildman–Crippen LogP) is 0.333. The van der Waals surface area contributed by atoms with Crippen LogP contribution in [0.25, 0.3) is 0 Å². The molecule has 0 bridgehead atoms. The second kappa shape index (κ2) is 4.69. The Morgan fingerprint density at radius 3 is 2.80 bits per heavy atom. The van der Waals surface area contributed by atoms with Crippen LogP contribution in [-0.4, -0.2) is 28.4 Å². The summed E-state index contributed by atoms with van der Waals surface area (Å²) in [5.74, 6) is 0.534. The molecule has 0 saturated carbocycles. The lowest BCUT2D eigenvalue weighted by molar-refractivity contribution is -0.0221. The topological polar surface area (TPSA) is 94.4 Å². The molecule has 0 aliphatic carbocycles. The van der Waals surface area contributed by atoms with E-state index in [-0.39, 0.29) is 12.4 Å². The third-order valence-electron chi connectivity index (χ3n) is 1.99. The molecule has 0 aromatic carbocycles. The van der Waals surface area contributed by atoms with E-state index in [2.05, 4.69) is 10.1 Å². The van der Waals surface area contributed by atoms with Crippen LogP contribution in [0, 0.1) is 0 Å². The molecule has 1 aromatic heterocycles. The molecule has 0 saturated heterocycles. The van der Waals surface area contributed by atoms with Crippen molar-refractivity contribution in [2.24, 2.45) is 5.73 Å². The van der Waals surface area contributed by atoms with Crippen molar-refractivity contribution in [2.45, 2.75) is 32.5 Å². The molecule has 1 heterocycles. The van der Waals surface area contributed by atoms with Crippen LogP contribution in [0.4, 0.5) is 0 Å². The monoisotopic (exact) mass is 215 g/mol. The lowest BCUT2D eigenvalue weighted by atomic mass is 10.1. The van der Waals surface area contributed by atoms with Crippen LogP contribution in [0.15, 0.2) is 4.52 Å². The number of hydrogen-bond donors (Lipinski definition) is 2. The Balaban J connectivity index is 2.83. The molecule has 0 radical (unpaired) electrons. The van der Waals surface area contributed by atoms with E-state index in [0.29, 0.717) is 12.4 Å². The molecular formula is C9H17N3O3. The molecule has 1 atom stereocenters. The highest BCUT2D eigenvalue weighted by Crippen LogP contribution is 2.22. The fourth-order valence-corrected chi connectivity index (χ4v) is 1.14. The van der Waals surface area contributed by atoms with Gasteiger partial charge in [-0.05, 0) is 20.8 Å². The number of aromatic nitrogens is 2. The minimum Gasteiger partial charge on any atom is -0.382 e. The first-order valence-corrected chi connectivity index (χ1v) is 4.87. The summed E-state index contributed by atoms with van der Waals surface area (Å²) >= 11 is 0. The lowest BCUT2D eigenvalue weighted by Crippen LogP contribution is -2.23. The van der Waals surface area contributed by atoms with Crippen LogP contribution in [0.1, 0.15) is 38.6 Å². The Hall–Kier alpha value is -0.980. The second-order valence-electron chi connectivity index (χ2n) is 3.65. The zero-order valence-electron chi connectivity index (χ0n) is 9.23. The maximum atomic E-state index is 9.38. The molecule has 0 spiro atoms. The zero-order valence-corrected chi connectivity index (χ0v) is 9.23. The lowest BCUT2D eigenvalue weighted by Gasteiger charge is -2.19.